The number of carbonyl (C=O) groups excluding carboxylic acids is 2. The average Bonchev–Trinajstić information content (AvgIpc) is 2.98. The van der Waals surface area contributed by atoms with Gasteiger partial charge in [0.25, 0.3) is 0 Å². The summed E-state index contributed by atoms with van der Waals surface area (Å²) in [4.78, 5) is 31.8. The molecule has 2 fully saturated rings. The number of likely N-dealkylation sites (tertiary alicyclic amines) is 1. The molecule has 41 heavy (non-hydrogen) atoms. The summed E-state index contributed by atoms with van der Waals surface area (Å²) in [5, 5.41) is 18.5. The number of piperidine rings is 1. The monoisotopic (exact) mass is 559 g/mol. The first-order valence-electron chi connectivity index (χ1n) is 14.9. The molecule has 220 valence electrons. The van der Waals surface area contributed by atoms with Gasteiger partial charge in [-0.2, -0.15) is 0 Å². The van der Waals surface area contributed by atoms with Crippen LogP contribution in [0, 0.1) is 29.6 Å². The quantitative estimate of drug-likeness (QED) is 0.221. The van der Waals surface area contributed by atoms with Gasteiger partial charge in [-0.25, -0.2) is 0 Å². The van der Waals surface area contributed by atoms with E-state index >= 15 is 0 Å². The second-order valence-corrected chi connectivity index (χ2v) is 11.6. The van der Waals surface area contributed by atoms with Gasteiger partial charge in [-0.3, -0.25) is 25.3 Å². The second-order valence-electron chi connectivity index (χ2n) is 11.6. The van der Waals surface area contributed by atoms with E-state index in [1.54, 1.807) is 17.0 Å². The molecular formula is C32H45N7O2. The van der Waals surface area contributed by atoms with Crippen LogP contribution in [0.15, 0.2) is 48.5 Å². The first-order chi connectivity index (χ1) is 19.7. The van der Waals surface area contributed by atoms with Crippen molar-refractivity contribution in [2.45, 2.75) is 70.8 Å². The van der Waals surface area contributed by atoms with Gasteiger partial charge < -0.3 is 21.7 Å². The molecule has 2 amide bonds. The van der Waals surface area contributed by atoms with Gasteiger partial charge in [-0.05, 0) is 68.1 Å². The summed E-state index contributed by atoms with van der Waals surface area (Å²) < 4.78 is 0. The van der Waals surface area contributed by atoms with Gasteiger partial charge >= 0.3 is 0 Å². The Balaban J connectivity index is 1.55. The van der Waals surface area contributed by atoms with Crippen molar-refractivity contribution in [3.8, 4) is 0 Å². The molecule has 0 aromatic heterocycles. The number of nitrogens with one attached hydrogen (secondary N) is 3. The zero-order chi connectivity index (χ0) is 29.4. The van der Waals surface area contributed by atoms with Gasteiger partial charge in [0.1, 0.15) is 11.9 Å². The van der Waals surface area contributed by atoms with Crippen molar-refractivity contribution in [3.63, 3.8) is 0 Å². The Bertz CT molecular complexity index is 1210. The van der Waals surface area contributed by atoms with Crippen LogP contribution in [0.25, 0.3) is 0 Å². The summed E-state index contributed by atoms with van der Waals surface area (Å²) in [5.41, 5.74) is 14.7. The molecule has 0 radical (unpaired) electrons. The highest BCUT2D eigenvalue weighted by Gasteiger charge is 2.38. The number of aryl methyl sites for hydroxylation is 2. The highest BCUT2D eigenvalue weighted by molar-refractivity contribution is 6.01. The molecule has 1 aliphatic carbocycles. The van der Waals surface area contributed by atoms with Crippen LogP contribution in [0.2, 0.25) is 0 Å². The van der Waals surface area contributed by atoms with Gasteiger partial charge in [-0.15, -0.1) is 0 Å². The number of benzene rings is 2. The lowest BCUT2D eigenvalue weighted by atomic mass is 9.82. The largest absolute Gasteiger partial charge is 0.384 e. The summed E-state index contributed by atoms with van der Waals surface area (Å²) in [6.45, 7) is 4.01. The molecule has 1 aliphatic heterocycles. The Morgan fingerprint density at radius 1 is 0.976 bits per heavy atom. The van der Waals surface area contributed by atoms with E-state index in [0.717, 1.165) is 74.8 Å². The fraction of sp³-hybridized carbons (Fsp3) is 0.500. The fourth-order valence-corrected chi connectivity index (χ4v) is 6.22. The molecular weight excluding hydrogens is 514 g/mol. The van der Waals surface area contributed by atoms with Gasteiger partial charge in [0, 0.05) is 37.3 Å². The van der Waals surface area contributed by atoms with Crippen LogP contribution < -0.4 is 21.7 Å². The van der Waals surface area contributed by atoms with E-state index in [0.29, 0.717) is 24.4 Å². The van der Waals surface area contributed by atoms with Gasteiger partial charge in [0.05, 0.1) is 0 Å². The Hall–Kier alpha value is -3.88. The minimum absolute atomic E-state index is 0.0177. The fourth-order valence-electron chi connectivity index (χ4n) is 6.22. The number of para-hydroxylation sites is 1. The highest BCUT2D eigenvalue weighted by Crippen LogP contribution is 2.34. The number of amides is 2. The summed E-state index contributed by atoms with van der Waals surface area (Å²) in [6.07, 6.45) is 7.70. The van der Waals surface area contributed by atoms with Gasteiger partial charge in [0.15, 0.2) is 5.96 Å². The normalized spacial score (nSPS) is 17.0. The number of nitrogen functional groups attached to an aromatic ring is 1. The van der Waals surface area contributed by atoms with Crippen LogP contribution in [0.5, 0.6) is 0 Å². The van der Waals surface area contributed by atoms with Crippen LogP contribution in [-0.4, -0.2) is 54.2 Å². The van der Waals surface area contributed by atoms with E-state index in [2.05, 4.69) is 5.32 Å². The maximum Gasteiger partial charge on any atom is 0.243 e. The van der Waals surface area contributed by atoms with E-state index in [9.17, 15) is 9.59 Å². The molecule has 4 rings (SSSR count). The predicted molar refractivity (Wildman–Crippen MR) is 164 cm³/mol. The number of rotatable bonds is 10. The van der Waals surface area contributed by atoms with E-state index in [1.165, 1.54) is 0 Å². The van der Waals surface area contributed by atoms with Crippen molar-refractivity contribution < 1.29 is 9.59 Å². The molecule has 0 bridgehead atoms. The van der Waals surface area contributed by atoms with Crippen LogP contribution in [0.1, 0.15) is 68.1 Å². The number of nitrogens with two attached hydrogens (primary N) is 2. The van der Waals surface area contributed by atoms with Crippen LogP contribution >= 0.6 is 0 Å². The lowest BCUT2D eigenvalue weighted by Crippen LogP contribution is -2.55. The van der Waals surface area contributed by atoms with Gasteiger partial charge in [-0.1, -0.05) is 61.7 Å². The minimum atomic E-state index is -0.568. The lowest BCUT2D eigenvalue weighted by molar-refractivity contribution is -0.128. The lowest BCUT2D eigenvalue weighted by Gasteiger charge is -2.39. The van der Waals surface area contributed by atoms with Crippen molar-refractivity contribution >= 4 is 29.3 Å². The van der Waals surface area contributed by atoms with Gasteiger partial charge in [0.2, 0.25) is 11.8 Å². The highest BCUT2D eigenvalue weighted by atomic mass is 16.2. The number of hydrogen-bond acceptors (Lipinski definition) is 4. The third-order valence-electron chi connectivity index (χ3n) is 8.70. The second kappa shape index (κ2) is 14.1. The number of carbonyl (C=O) groups is 2. The number of anilines is 1. The summed E-state index contributed by atoms with van der Waals surface area (Å²) in [5.74, 6) is 0.406. The van der Waals surface area contributed by atoms with Crippen molar-refractivity contribution in [2.75, 3.05) is 24.5 Å². The summed E-state index contributed by atoms with van der Waals surface area (Å²) in [6, 6.07) is 14.7. The third-order valence-corrected chi connectivity index (χ3v) is 8.70. The molecule has 2 aliphatic rings. The van der Waals surface area contributed by atoms with Crippen LogP contribution in [0.3, 0.4) is 0 Å². The molecule has 2 aromatic carbocycles. The first kappa shape index (κ1) is 30.1. The molecule has 1 atom stereocenters. The zero-order valence-corrected chi connectivity index (χ0v) is 24.2. The standard InChI is InChI=1S/C32H45N7O2/c1-22-7-5-6-10-27(22)39(28(40)16-13-23-11-14-26(15-12-23)30(33)34)29(25-8-3-2-4-9-25)31(41)37-21-24-17-19-38(20-18-24)32(35)36/h5-7,10-12,14-15,24-25,29H,2-4,8-9,13,16-21H2,1H3,(H3,33,34)(H3,35,36)(H,37,41)/t29-/m0/s1. The van der Waals surface area contributed by atoms with Crippen LogP contribution in [-0.2, 0) is 16.0 Å². The number of guanidine groups is 1. The molecule has 2 aromatic rings. The van der Waals surface area contributed by atoms with E-state index in [1.807, 2.05) is 48.2 Å². The zero-order valence-electron chi connectivity index (χ0n) is 24.2. The Morgan fingerprint density at radius 3 is 2.24 bits per heavy atom. The SMILES string of the molecule is Cc1ccccc1N(C(=O)CCc1ccc(C(=N)N)cc1)[C@H](C(=O)NCC1CCN(C(=N)N)CC1)C1CCCCC1. The average molecular weight is 560 g/mol. The maximum atomic E-state index is 14.1. The van der Waals surface area contributed by atoms with Crippen molar-refractivity contribution in [1.82, 2.24) is 10.2 Å². The number of amidine groups is 1. The molecule has 9 heteroatoms. The Kier molecular flexibility index (Phi) is 10.4. The molecule has 7 N–H and O–H groups in total. The van der Waals surface area contributed by atoms with Crippen LogP contribution in [0.4, 0.5) is 5.69 Å². The Morgan fingerprint density at radius 2 is 1.63 bits per heavy atom. The molecule has 0 unspecified atom stereocenters. The molecule has 1 saturated carbocycles. The smallest absolute Gasteiger partial charge is 0.243 e. The summed E-state index contributed by atoms with van der Waals surface area (Å²) in [7, 11) is 0. The van der Waals surface area contributed by atoms with E-state index in [4.69, 9.17) is 22.3 Å². The third kappa shape index (κ3) is 7.86. The molecule has 1 heterocycles. The number of nitrogens with zero attached hydrogens (tertiary/aromatic N) is 2. The summed E-state index contributed by atoms with van der Waals surface area (Å²) >= 11 is 0. The molecule has 1 saturated heterocycles. The van der Waals surface area contributed by atoms with Crippen molar-refractivity contribution in [3.05, 3.63) is 65.2 Å². The first-order valence-corrected chi connectivity index (χ1v) is 14.9. The maximum absolute atomic E-state index is 14.1. The van der Waals surface area contributed by atoms with E-state index < -0.39 is 6.04 Å². The topological polar surface area (TPSA) is 152 Å². The molecule has 0 spiro atoms. The minimum Gasteiger partial charge on any atom is -0.384 e. The van der Waals surface area contributed by atoms with Crippen molar-refractivity contribution in [1.29, 1.82) is 10.8 Å². The predicted octanol–water partition coefficient (Wildman–Crippen LogP) is 3.92. The van der Waals surface area contributed by atoms with Crippen molar-refractivity contribution in [2.24, 2.45) is 23.3 Å². The Labute approximate surface area is 243 Å². The van der Waals surface area contributed by atoms with E-state index in [-0.39, 0.29) is 35.9 Å². The number of hydrogen-bond donors (Lipinski definition) is 5. The molecule has 9 nitrogen and oxygen atoms in total.